The molecule has 0 spiro atoms. The first-order chi connectivity index (χ1) is 13.7. The van der Waals surface area contributed by atoms with Gasteiger partial charge in [0.1, 0.15) is 0 Å². The summed E-state index contributed by atoms with van der Waals surface area (Å²) in [5, 5.41) is 0. The number of rotatable bonds is 6. The topological polar surface area (TPSA) is 38.8 Å². The van der Waals surface area contributed by atoms with Gasteiger partial charge in [-0.25, -0.2) is 0 Å². The normalized spacial score (nSPS) is 25.1. The highest BCUT2D eigenvalue weighted by atomic mass is 16.5. The maximum atomic E-state index is 12.9. The second-order valence-electron chi connectivity index (χ2n) is 8.42. The third-order valence-corrected chi connectivity index (χ3v) is 6.60. The van der Waals surface area contributed by atoms with Crippen LogP contribution in [0.2, 0.25) is 0 Å². The number of fused-ring (bicyclic) bond motifs is 1. The van der Waals surface area contributed by atoms with Crippen molar-refractivity contribution in [2.24, 2.45) is 17.8 Å². The average Bonchev–Trinajstić information content (AvgIpc) is 3.03. The first-order valence-corrected chi connectivity index (χ1v) is 10.5. The minimum Gasteiger partial charge on any atom is -0.493 e. The Kier molecular flexibility index (Phi) is 5.86. The summed E-state index contributed by atoms with van der Waals surface area (Å²) in [6.45, 7) is 3.49. The van der Waals surface area contributed by atoms with Gasteiger partial charge in [-0.2, -0.15) is 0 Å². The fourth-order valence-electron chi connectivity index (χ4n) is 4.99. The summed E-state index contributed by atoms with van der Waals surface area (Å²) < 4.78 is 10.8. The monoisotopic (exact) mass is 381 g/mol. The average molecular weight is 382 g/mol. The van der Waals surface area contributed by atoms with Gasteiger partial charge in [0.05, 0.1) is 14.2 Å². The van der Waals surface area contributed by atoms with Crippen molar-refractivity contribution in [2.75, 3.05) is 33.9 Å². The fraction of sp³-hybridized carbons (Fsp3) is 0.542. The molecule has 2 atom stereocenters. The molecule has 4 heteroatoms. The molecule has 1 aromatic rings. The first kappa shape index (κ1) is 19.3. The Hall–Kier alpha value is -2.07. The third kappa shape index (κ3) is 4.02. The van der Waals surface area contributed by atoms with E-state index in [4.69, 9.17) is 9.47 Å². The largest absolute Gasteiger partial charge is 0.493 e. The van der Waals surface area contributed by atoms with Gasteiger partial charge in [-0.15, -0.1) is 0 Å². The van der Waals surface area contributed by atoms with Crippen LogP contribution in [-0.2, 0) is 6.42 Å². The number of methoxy groups -OCH3 is 2. The molecular weight excluding hydrogens is 350 g/mol. The van der Waals surface area contributed by atoms with E-state index in [0.717, 1.165) is 49.2 Å². The van der Waals surface area contributed by atoms with Crippen molar-refractivity contribution in [2.45, 2.75) is 32.1 Å². The van der Waals surface area contributed by atoms with Crippen LogP contribution in [0.3, 0.4) is 0 Å². The molecule has 1 aliphatic heterocycles. The zero-order valence-corrected chi connectivity index (χ0v) is 17.0. The number of hydrogen-bond acceptors (Lipinski definition) is 4. The molecule has 2 unspecified atom stereocenters. The Balaban J connectivity index is 1.31. The molecule has 2 aliphatic carbocycles. The lowest BCUT2D eigenvalue weighted by atomic mass is 9.85. The highest BCUT2D eigenvalue weighted by molar-refractivity contribution is 6.02. The van der Waals surface area contributed by atoms with Gasteiger partial charge in [0.25, 0.3) is 0 Å². The van der Waals surface area contributed by atoms with Gasteiger partial charge < -0.3 is 14.4 Å². The van der Waals surface area contributed by atoms with E-state index in [0.29, 0.717) is 17.6 Å². The van der Waals surface area contributed by atoms with Crippen LogP contribution in [0.15, 0.2) is 36.4 Å². The molecule has 0 amide bonds. The number of likely N-dealkylation sites (tertiary alicyclic amines) is 1. The van der Waals surface area contributed by atoms with E-state index in [1.807, 2.05) is 12.1 Å². The maximum absolute atomic E-state index is 12.9. The minimum atomic E-state index is 0.120. The lowest BCUT2D eigenvalue weighted by molar-refractivity contribution is 0.0894. The molecular formula is C24H31NO3. The van der Waals surface area contributed by atoms with E-state index < -0.39 is 0 Å². The van der Waals surface area contributed by atoms with E-state index in [2.05, 4.69) is 29.2 Å². The quantitative estimate of drug-likeness (QED) is 0.737. The van der Waals surface area contributed by atoms with E-state index in [1.165, 1.54) is 19.4 Å². The van der Waals surface area contributed by atoms with Crippen LogP contribution in [0, 0.1) is 17.8 Å². The number of ether oxygens (including phenoxy) is 2. The Morgan fingerprint density at radius 2 is 1.82 bits per heavy atom. The second-order valence-corrected chi connectivity index (χ2v) is 8.42. The standard InChI is InChI=1S/C24H31NO3/c1-27-22-14-19-13-20(24(26)21(19)15-23(22)28-2)12-17-8-10-25(11-9-17)16-18-6-4-3-5-7-18/h3-6,14-15,17-18,20H,7-13,16H2,1-2H3. The lowest BCUT2D eigenvalue weighted by Gasteiger charge is -2.34. The first-order valence-electron chi connectivity index (χ1n) is 10.5. The molecule has 1 aromatic carbocycles. The Morgan fingerprint density at radius 1 is 1.07 bits per heavy atom. The number of carbonyl (C=O) groups excluding carboxylic acids is 1. The number of allylic oxidation sites excluding steroid dienone is 3. The van der Waals surface area contributed by atoms with Gasteiger partial charge in [-0.3, -0.25) is 4.79 Å². The molecule has 1 saturated heterocycles. The number of ketones is 1. The summed E-state index contributed by atoms with van der Waals surface area (Å²) in [4.78, 5) is 15.5. The number of Topliss-reactive ketones (excluding diaryl/α,β-unsaturated/α-hetero) is 1. The van der Waals surface area contributed by atoms with Crippen LogP contribution < -0.4 is 9.47 Å². The second kappa shape index (κ2) is 8.52. The Labute approximate surface area is 168 Å². The summed E-state index contributed by atoms with van der Waals surface area (Å²) >= 11 is 0. The molecule has 28 heavy (non-hydrogen) atoms. The molecule has 0 bridgehead atoms. The van der Waals surface area contributed by atoms with Crippen molar-refractivity contribution in [1.29, 1.82) is 0 Å². The van der Waals surface area contributed by atoms with E-state index in [-0.39, 0.29) is 11.7 Å². The number of carbonyl (C=O) groups is 1. The van der Waals surface area contributed by atoms with Crippen LogP contribution in [0.1, 0.15) is 41.6 Å². The smallest absolute Gasteiger partial charge is 0.166 e. The van der Waals surface area contributed by atoms with Gasteiger partial charge >= 0.3 is 0 Å². The summed E-state index contributed by atoms with van der Waals surface area (Å²) in [6.07, 6.45) is 14.4. The number of benzene rings is 1. The number of nitrogens with zero attached hydrogens (tertiary/aromatic N) is 1. The molecule has 0 radical (unpaired) electrons. The van der Waals surface area contributed by atoms with Crippen LogP contribution in [0.25, 0.3) is 0 Å². The molecule has 4 rings (SSSR count). The predicted octanol–water partition coefficient (Wildman–Crippen LogP) is 4.29. The summed E-state index contributed by atoms with van der Waals surface area (Å²) in [5.41, 5.74) is 1.94. The zero-order valence-electron chi connectivity index (χ0n) is 17.0. The molecule has 3 aliphatic rings. The van der Waals surface area contributed by atoms with Crippen LogP contribution in [0.4, 0.5) is 0 Å². The zero-order chi connectivity index (χ0) is 19.5. The van der Waals surface area contributed by atoms with Crippen LogP contribution in [0.5, 0.6) is 11.5 Å². The lowest BCUT2D eigenvalue weighted by Crippen LogP contribution is -2.37. The fourth-order valence-corrected chi connectivity index (χ4v) is 4.99. The third-order valence-electron chi connectivity index (χ3n) is 6.60. The van der Waals surface area contributed by atoms with E-state index in [9.17, 15) is 4.79 Å². The van der Waals surface area contributed by atoms with Crippen molar-refractivity contribution in [3.8, 4) is 11.5 Å². The predicted molar refractivity (Wildman–Crippen MR) is 111 cm³/mol. The molecule has 1 fully saturated rings. The summed E-state index contributed by atoms with van der Waals surface area (Å²) in [7, 11) is 3.26. The van der Waals surface area contributed by atoms with Gasteiger partial charge in [0.2, 0.25) is 0 Å². The highest BCUT2D eigenvalue weighted by Crippen LogP contribution is 2.39. The van der Waals surface area contributed by atoms with Crippen molar-refractivity contribution >= 4 is 5.78 Å². The van der Waals surface area contributed by atoms with Gasteiger partial charge in [0.15, 0.2) is 17.3 Å². The number of piperidine rings is 1. The molecule has 0 aromatic heterocycles. The van der Waals surface area contributed by atoms with Crippen molar-refractivity contribution in [1.82, 2.24) is 4.90 Å². The summed E-state index contributed by atoms with van der Waals surface area (Å²) in [6, 6.07) is 3.85. The van der Waals surface area contributed by atoms with Gasteiger partial charge in [-0.05, 0) is 74.7 Å². The molecule has 4 nitrogen and oxygen atoms in total. The maximum Gasteiger partial charge on any atom is 0.166 e. The van der Waals surface area contributed by atoms with Crippen LogP contribution in [-0.4, -0.2) is 44.5 Å². The van der Waals surface area contributed by atoms with E-state index in [1.54, 1.807) is 14.2 Å². The molecule has 1 heterocycles. The summed E-state index contributed by atoms with van der Waals surface area (Å²) in [5.74, 6) is 3.10. The molecule has 0 saturated carbocycles. The van der Waals surface area contributed by atoms with Gasteiger partial charge in [-0.1, -0.05) is 24.3 Å². The van der Waals surface area contributed by atoms with Crippen molar-refractivity contribution in [3.63, 3.8) is 0 Å². The SMILES string of the molecule is COc1cc2c(cc1OC)C(=O)C(CC1CCN(CC3C=CC=CC3)CC1)C2. The van der Waals surface area contributed by atoms with E-state index >= 15 is 0 Å². The van der Waals surface area contributed by atoms with Gasteiger partial charge in [0, 0.05) is 18.0 Å². The van der Waals surface area contributed by atoms with Crippen LogP contribution >= 0.6 is 0 Å². The highest BCUT2D eigenvalue weighted by Gasteiger charge is 2.34. The molecule has 150 valence electrons. The minimum absolute atomic E-state index is 0.120. The Morgan fingerprint density at radius 3 is 2.50 bits per heavy atom. The number of hydrogen-bond donors (Lipinski definition) is 0. The van der Waals surface area contributed by atoms with Crippen molar-refractivity contribution < 1.29 is 14.3 Å². The Bertz CT molecular complexity index is 774. The van der Waals surface area contributed by atoms with Crippen molar-refractivity contribution in [3.05, 3.63) is 47.6 Å². The molecule has 0 N–H and O–H groups in total.